The summed E-state index contributed by atoms with van der Waals surface area (Å²) in [6.07, 6.45) is 0.180. The number of rotatable bonds is 10. The van der Waals surface area contributed by atoms with Crippen molar-refractivity contribution in [3.8, 4) is 11.4 Å². The fourth-order valence-electron chi connectivity index (χ4n) is 3.44. The highest BCUT2D eigenvalue weighted by Gasteiger charge is 2.24. The molecule has 0 saturated heterocycles. The van der Waals surface area contributed by atoms with Crippen LogP contribution in [-0.4, -0.2) is 38.8 Å². The number of carbonyl (C=O) groups is 2. The topological polar surface area (TPSA) is 109 Å². The summed E-state index contributed by atoms with van der Waals surface area (Å²) in [7, 11) is 0. The number of allylic oxidation sites excluding steroid dienone is 1. The zero-order valence-electron chi connectivity index (χ0n) is 19.3. The van der Waals surface area contributed by atoms with Crippen molar-refractivity contribution in [3.05, 3.63) is 79.7 Å². The molecule has 0 radical (unpaired) electrons. The summed E-state index contributed by atoms with van der Waals surface area (Å²) >= 11 is 18.3. The van der Waals surface area contributed by atoms with Gasteiger partial charge in [0.2, 0.25) is 0 Å². The largest absolute Gasteiger partial charge is 0.449 e. The van der Waals surface area contributed by atoms with Gasteiger partial charge in [-0.25, -0.2) is 27.6 Å². The van der Waals surface area contributed by atoms with E-state index in [4.69, 9.17) is 45.3 Å². The Hall–Kier alpha value is -3.21. The number of Topliss-reactive ketones (excluding diaryl/α,β-unsaturated/α-hetero) is 1. The number of nitrogens with zero attached hydrogens (tertiary/aromatic N) is 3. The Morgan fingerprint density at radius 1 is 1.16 bits per heavy atom. The number of benzene rings is 2. The monoisotopic (exact) mass is 572 g/mol. The average Bonchev–Trinajstić information content (AvgIpc) is 3.12. The maximum absolute atomic E-state index is 13.5. The third kappa shape index (κ3) is 7.64. The van der Waals surface area contributed by atoms with Crippen molar-refractivity contribution in [2.45, 2.75) is 31.7 Å². The van der Waals surface area contributed by atoms with Crippen molar-refractivity contribution in [2.75, 3.05) is 6.61 Å². The minimum atomic E-state index is -3.20. The predicted octanol–water partition coefficient (Wildman–Crippen LogP) is 5.64. The van der Waals surface area contributed by atoms with Crippen molar-refractivity contribution in [2.24, 2.45) is 5.73 Å². The number of ether oxygens (including phenoxy) is 1. The van der Waals surface area contributed by atoms with Crippen LogP contribution in [-0.2, 0) is 16.1 Å². The van der Waals surface area contributed by atoms with Crippen molar-refractivity contribution in [1.29, 1.82) is 0 Å². The van der Waals surface area contributed by atoms with Crippen LogP contribution in [0.25, 0.3) is 17.6 Å². The number of aromatic nitrogens is 3. The summed E-state index contributed by atoms with van der Waals surface area (Å²) in [5, 5.41) is 5.02. The molecule has 1 atom stereocenters. The van der Waals surface area contributed by atoms with Gasteiger partial charge in [-0.15, -0.1) is 5.10 Å². The lowest BCUT2D eigenvalue weighted by molar-refractivity contribution is -0.120. The molecule has 1 aromatic heterocycles. The minimum Gasteiger partial charge on any atom is -0.449 e. The molecule has 3 rings (SSSR count). The molecule has 196 valence electrons. The zero-order valence-corrected chi connectivity index (χ0v) is 21.6. The van der Waals surface area contributed by atoms with Gasteiger partial charge in [-0.2, -0.15) is 0 Å². The summed E-state index contributed by atoms with van der Waals surface area (Å²) in [6.45, 7) is -0.0947. The van der Waals surface area contributed by atoms with Gasteiger partial charge in [-0.3, -0.25) is 4.79 Å². The first-order valence-corrected chi connectivity index (χ1v) is 11.9. The van der Waals surface area contributed by atoms with E-state index in [1.165, 1.54) is 0 Å². The van der Waals surface area contributed by atoms with Crippen LogP contribution in [0.1, 0.15) is 24.8 Å². The van der Waals surface area contributed by atoms with Gasteiger partial charge in [0.1, 0.15) is 13.2 Å². The molecule has 0 fully saturated rings. The molecule has 1 amide bonds. The van der Waals surface area contributed by atoms with Crippen LogP contribution in [0, 0.1) is 0 Å². The summed E-state index contributed by atoms with van der Waals surface area (Å²) in [5.41, 5.74) is 5.11. The van der Waals surface area contributed by atoms with E-state index >= 15 is 0 Å². The van der Waals surface area contributed by atoms with Crippen molar-refractivity contribution in [1.82, 2.24) is 14.3 Å². The first-order valence-electron chi connectivity index (χ1n) is 10.8. The molecule has 13 heteroatoms. The molecular formula is C24H21Cl3F2N4O4. The maximum Gasteiger partial charge on any atom is 0.404 e. The van der Waals surface area contributed by atoms with E-state index in [1.807, 2.05) is 0 Å². The number of primary amides is 1. The lowest BCUT2D eigenvalue weighted by Gasteiger charge is -2.18. The third-order valence-corrected chi connectivity index (χ3v) is 6.22. The molecule has 8 nitrogen and oxygen atoms in total. The second-order valence-electron chi connectivity index (χ2n) is 8.13. The second kappa shape index (κ2) is 11.9. The highest BCUT2D eigenvalue weighted by molar-refractivity contribution is 6.42. The second-order valence-corrected chi connectivity index (χ2v) is 9.35. The predicted molar refractivity (Wildman–Crippen MR) is 137 cm³/mol. The number of hydrogen-bond acceptors (Lipinski definition) is 5. The smallest absolute Gasteiger partial charge is 0.404 e. The Labute approximate surface area is 225 Å². The number of halogens is 5. The van der Waals surface area contributed by atoms with Gasteiger partial charge in [0.05, 0.1) is 10.0 Å². The fraction of sp³-hybridized carbons (Fsp3) is 0.250. The molecule has 1 unspecified atom stereocenters. The van der Waals surface area contributed by atoms with Crippen LogP contribution in [0.2, 0.25) is 15.1 Å². The number of alkyl halides is 2. The summed E-state index contributed by atoms with van der Waals surface area (Å²) in [6, 6.07) is 11.0. The van der Waals surface area contributed by atoms with E-state index in [1.54, 1.807) is 42.5 Å². The molecule has 2 aromatic carbocycles. The number of carbonyl (C=O) groups excluding carboxylic acids is 2. The zero-order chi connectivity index (χ0) is 27.3. The highest BCUT2D eigenvalue weighted by atomic mass is 35.5. The van der Waals surface area contributed by atoms with E-state index in [9.17, 15) is 23.2 Å². The van der Waals surface area contributed by atoms with Crippen LogP contribution in [0.3, 0.4) is 0 Å². The standard InChI is InChI=1S/C24H21Cl3F2N4O4/c1-24(28,29)9-10-32-21(14-5-7-16(25)8-6-14)31-33(23(32)36)12-17(34)11-15(13-37-22(30)35)18-3-2-4-19(26)20(18)27/h2-10,15H,11-13H2,1H3,(H2,30,35)/b10-9+. The lowest BCUT2D eigenvalue weighted by atomic mass is 9.94. The van der Waals surface area contributed by atoms with Gasteiger partial charge in [0, 0.05) is 42.1 Å². The van der Waals surface area contributed by atoms with Crippen LogP contribution in [0.5, 0.6) is 0 Å². The van der Waals surface area contributed by atoms with Gasteiger partial charge >= 0.3 is 11.8 Å². The van der Waals surface area contributed by atoms with Gasteiger partial charge in [-0.05, 0) is 35.9 Å². The summed E-state index contributed by atoms with van der Waals surface area (Å²) in [5.74, 6) is -4.37. The molecule has 2 N–H and O–H groups in total. The van der Waals surface area contributed by atoms with Crippen LogP contribution in [0.15, 0.2) is 53.3 Å². The molecule has 0 aliphatic carbocycles. The van der Waals surface area contributed by atoms with E-state index in [0.717, 1.165) is 15.4 Å². The molecular weight excluding hydrogens is 553 g/mol. The number of ketones is 1. The lowest BCUT2D eigenvalue weighted by Crippen LogP contribution is -2.28. The Bertz CT molecular complexity index is 1380. The van der Waals surface area contributed by atoms with Gasteiger partial charge in [0.25, 0.3) is 5.92 Å². The van der Waals surface area contributed by atoms with E-state index in [0.29, 0.717) is 29.1 Å². The Balaban J connectivity index is 1.94. The quantitative estimate of drug-likeness (QED) is 0.338. The van der Waals surface area contributed by atoms with E-state index < -0.39 is 36.0 Å². The average molecular weight is 574 g/mol. The van der Waals surface area contributed by atoms with Crippen molar-refractivity contribution >= 4 is 52.9 Å². The van der Waals surface area contributed by atoms with Crippen molar-refractivity contribution < 1.29 is 23.1 Å². The molecule has 0 bridgehead atoms. The van der Waals surface area contributed by atoms with Crippen molar-refractivity contribution in [3.63, 3.8) is 0 Å². The highest BCUT2D eigenvalue weighted by Crippen LogP contribution is 2.33. The SMILES string of the molecule is CC(F)(F)/C=C/n1c(-c2ccc(Cl)cc2)nn(CC(=O)CC(COC(N)=O)c2cccc(Cl)c2Cl)c1=O. The number of nitrogens with two attached hydrogens (primary N) is 1. The third-order valence-electron chi connectivity index (χ3n) is 5.14. The molecule has 0 aliphatic rings. The summed E-state index contributed by atoms with van der Waals surface area (Å²) in [4.78, 5) is 37.2. The number of hydrogen-bond donors (Lipinski definition) is 1. The molecule has 0 aliphatic heterocycles. The first-order chi connectivity index (χ1) is 17.4. The number of amides is 1. The van der Waals surface area contributed by atoms with Gasteiger partial charge in [0.15, 0.2) is 11.6 Å². The molecule has 1 heterocycles. The van der Waals surface area contributed by atoms with Gasteiger partial charge in [-0.1, -0.05) is 46.9 Å². The Morgan fingerprint density at radius 3 is 2.46 bits per heavy atom. The van der Waals surface area contributed by atoms with E-state index in [-0.39, 0.29) is 28.9 Å². The van der Waals surface area contributed by atoms with E-state index in [2.05, 4.69) is 5.10 Å². The molecule has 0 spiro atoms. The van der Waals surface area contributed by atoms with Crippen LogP contribution in [0.4, 0.5) is 13.6 Å². The van der Waals surface area contributed by atoms with Crippen LogP contribution >= 0.6 is 34.8 Å². The Kier molecular flexibility index (Phi) is 9.12. The fourth-order valence-corrected chi connectivity index (χ4v) is 4.03. The molecule has 3 aromatic rings. The first kappa shape index (κ1) is 28.4. The minimum absolute atomic E-state index is 0.0291. The summed E-state index contributed by atoms with van der Waals surface area (Å²) < 4.78 is 33.6. The van der Waals surface area contributed by atoms with Crippen LogP contribution < -0.4 is 11.4 Å². The molecule has 37 heavy (non-hydrogen) atoms. The Morgan fingerprint density at radius 2 is 1.84 bits per heavy atom. The normalized spacial score (nSPS) is 12.6. The van der Waals surface area contributed by atoms with Gasteiger partial charge < -0.3 is 10.5 Å². The molecule has 0 saturated carbocycles. The maximum atomic E-state index is 13.5.